The van der Waals surface area contributed by atoms with Crippen molar-refractivity contribution in [2.75, 3.05) is 66.1 Å². The first kappa shape index (κ1) is 119. The lowest BCUT2D eigenvalue weighted by atomic mass is 10.1. The van der Waals surface area contributed by atoms with E-state index in [1.165, 1.54) is 0 Å². The summed E-state index contributed by atoms with van der Waals surface area (Å²) in [6.45, 7) is 49.8. The number of rotatable bonds is 54. The molecule has 0 saturated heterocycles. The Morgan fingerprint density at radius 2 is 0.314 bits per heavy atom. The number of unbranched alkanes of at least 4 members (excludes halogenated alkanes) is 4. The molecule has 0 bridgehead atoms. The summed E-state index contributed by atoms with van der Waals surface area (Å²) in [5.41, 5.74) is 9.85. The molecule has 0 radical (unpaired) electrons. The molecule has 0 spiro atoms. The number of ether oxygens (including phenoxy) is 10. The van der Waals surface area contributed by atoms with Crippen molar-refractivity contribution < 1.29 is 47.4 Å². The molecule has 10 aromatic rings. The summed E-state index contributed by atoms with van der Waals surface area (Å²) in [5.74, 6) is 6.94. The van der Waals surface area contributed by atoms with E-state index in [0.717, 1.165) is 150 Å². The molecule has 730 valence electrons. The van der Waals surface area contributed by atoms with Crippen molar-refractivity contribution in [3.63, 3.8) is 0 Å². The van der Waals surface area contributed by atoms with Crippen LogP contribution in [0.5, 0.6) is 57.5 Å². The van der Waals surface area contributed by atoms with Crippen LogP contribution in [0.3, 0.4) is 0 Å². The van der Waals surface area contributed by atoms with Gasteiger partial charge >= 0.3 is 0 Å². The Morgan fingerprint density at radius 3 is 0.489 bits per heavy atom. The second-order valence-electron chi connectivity index (χ2n) is 29.8. The number of benzene rings is 10. The van der Waals surface area contributed by atoms with Gasteiger partial charge in [0.25, 0.3) is 0 Å². The van der Waals surface area contributed by atoms with Crippen molar-refractivity contribution in [1.29, 1.82) is 0 Å². The maximum absolute atomic E-state index is 6.27. The number of allylic oxidation sites excluding steroid dienone is 10. The Kier molecular flexibility index (Phi) is 60.2. The molecule has 10 rings (SSSR count). The number of para-hydroxylation sites is 5. The van der Waals surface area contributed by atoms with E-state index in [1.54, 1.807) is 72.9 Å². The van der Waals surface area contributed by atoms with Gasteiger partial charge in [-0.05, 0) is 222 Å². The third-order valence-electron chi connectivity index (χ3n) is 19.1. The third kappa shape index (κ3) is 43.2. The average molecular weight is 2150 g/mol. The summed E-state index contributed by atoms with van der Waals surface area (Å²) in [6.07, 6.45) is 35.4. The van der Waals surface area contributed by atoms with Gasteiger partial charge in [-0.25, -0.2) is 0 Å². The summed E-state index contributed by atoms with van der Waals surface area (Å²) in [7, 11) is 0. The van der Waals surface area contributed by atoms with E-state index in [-0.39, 0.29) is 0 Å². The van der Waals surface area contributed by atoms with Crippen LogP contribution in [-0.4, -0.2) is 66.1 Å². The maximum atomic E-state index is 6.27. The fourth-order valence-corrected chi connectivity index (χ4v) is 17.3. The molecule has 0 aliphatic carbocycles. The highest BCUT2D eigenvalue weighted by atomic mass is 35.5. The quantitative estimate of drug-likeness (QED) is 0.0271. The normalized spacial score (nSPS) is 10.3. The molecule has 25 heteroatoms. The lowest BCUT2D eigenvalue weighted by Crippen LogP contribution is -2.07. The van der Waals surface area contributed by atoms with Crippen LogP contribution in [0.25, 0.3) is 0 Å². The van der Waals surface area contributed by atoms with Gasteiger partial charge in [-0.3, -0.25) is 0 Å². The van der Waals surface area contributed by atoms with Gasteiger partial charge in [-0.1, -0.05) is 321 Å². The molecule has 0 aromatic heterocycles. The van der Waals surface area contributed by atoms with Crippen LogP contribution in [0.15, 0.2) is 304 Å². The zero-order valence-electron chi connectivity index (χ0n) is 76.9. The number of hydrogen-bond donors (Lipinski definition) is 0. The molecule has 10 nitrogen and oxygen atoms in total. The van der Waals surface area contributed by atoms with Crippen molar-refractivity contribution in [2.24, 2.45) is 0 Å². The van der Waals surface area contributed by atoms with Crippen LogP contribution in [0.4, 0.5) is 0 Å². The van der Waals surface area contributed by atoms with Gasteiger partial charge in [-0.2, -0.15) is 0 Å². The van der Waals surface area contributed by atoms with Crippen LogP contribution in [0.2, 0.25) is 75.3 Å². The first-order valence-electron chi connectivity index (χ1n) is 44.1. The van der Waals surface area contributed by atoms with Crippen LogP contribution < -0.4 is 47.4 Å². The van der Waals surface area contributed by atoms with Crippen LogP contribution >= 0.6 is 174 Å². The van der Waals surface area contributed by atoms with Crippen molar-refractivity contribution >= 4 is 174 Å². The Balaban J connectivity index is 0.000000295. The average Bonchev–Trinajstić information content (AvgIpc) is 0.843. The molecule has 0 N–H and O–H groups in total. The van der Waals surface area contributed by atoms with Crippen LogP contribution in [0.1, 0.15) is 107 Å². The van der Waals surface area contributed by atoms with Gasteiger partial charge in [0.15, 0.2) is 0 Å². The zero-order valence-corrected chi connectivity index (χ0v) is 88.2. The summed E-state index contributed by atoms with van der Waals surface area (Å²) in [5, 5.41) is 8.57. The largest absolute Gasteiger partial charge is 0.492 e. The number of halogens is 15. The summed E-state index contributed by atoms with van der Waals surface area (Å²) in [6, 6.07) is 46.3. The van der Waals surface area contributed by atoms with Gasteiger partial charge < -0.3 is 47.4 Å². The Morgan fingerprint density at radius 1 is 0.161 bits per heavy atom. The molecule has 0 saturated carbocycles. The monoisotopic (exact) mass is 2150 g/mol. The molecule has 137 heavy (non-hydrogen) atoms. The summed E-state index contributed by atoms with van der Waals surface area (Å²) < 4.78 is 58.0. The van der Waals surface area contributed by atoms with E-state index >= 15 is 0 Å². The molecule has 0 unspecified atom stereocenters. The van der Waals surface area contributed by atoms with Gasteiger partial charge in [0.05, 0.1) is 103 Å². The van der Waals surface area contributed by atoms with Gasteiger partial charge in [0.1, 0.15) is 70.7 Å². The minimum Gasteiger partial charge on any atom is -0.492 e. The molecule has 0 aliphatic heterocycles. The molecule has 10 aromatic carbocycles. The highest BCUT2D eigenvalue weighted by Crippen LogP contribution is 2.41. The summed E-state index contributed by atoms with van der Waals surface area (Å²) in [4.78, 5) is 0. The molecule has 0 amide bonds. The first-order chi connectivity index (χ1) is 66.2. The first-order valence-corrected chi connectivity index (χ1v) is 49.8. The molecular formula is C112H117Cl15O10. The van der Waals surface area contributed by atoms with E-state index in [4.69, 9.17) is 221 Å². The van der Waals surface area contributed by atoms with Gasteiger partial charge in [-0.15, -0.1) is 65.8 Å². The third-order valence-corrected chi connectivity index (χ3v) is 23.1. The van der Waals surface area contributed by atoms with Crippen LogP contribution in [-0.2, 0) is 64.2 Å². The van der Waals surface area contributed by atoms with Crippen molar-refractivity contribution in [3.8, 4) is 57.5 Å². The van der Waals surface area contributed by atoms with E-state index in [2.05, 4.69) is 78.9 Å². The number of hydrogen-bond acceptors (Lipinski definition) is 10. The predicted octanol–water partition coefficient (Wildman–Crippen LogP) is 37.3. The Labute approximate surface area is 886 Å². The van der Waals surface area contributed by atoms with Gasteiger partial charge in [0.2, 0.25) is 0 Å². The van der Waals surface area contributed by atoms with Crippen molar-refractivity contribution in [3.05, 3.63) is 434 Å². The van der Waals surface area contributed by atoms with E-state index < -0.39 is 0 Å². The fraction of sp³-hybridized carbons (Fsp3) is 0.250. The maximum Gasteiger partial charge on any atom is 0.141 e. The van der Waals surface area contributed by atoms with Gasteiger partial charge in [0, 0.05) is 65.8 Å². The minimum absolute atomic E-state index is 0.422. The lowest BCUT2D eigenvalue weighted by molar-refractivity contribution is 0.245. The molecular weight excluding hydrogens is 2040 g/mol. The molecule has 0 aliphatic rings. The predicted molar refractivity (Wildman–Crippen MR) is 591 cm³/mol. The molecule has 0 fully saturated rings. The highest BCUT2D eigenvalue weighted by Gasteiger charge is 2.19. The van der Waals surface area contributed by atoms with E-state index in [9.17, 15) is 0 Å². The fourth-order valence-electron chi connectivity index (χ4n) is 13.1. The smallest absolute Gasteiger partial charge is 0.141 e. The Hall–Kier alpha value is -8.57. The standard InChI is InChI=1S/C23H24Cl4O2.C23H26Cl2O2.C21H20Cl4O2.C21H22Cl2O2.C12H12Cl2O.C12H13ClO/c1-3-8-16-12-18(24)14-20(26)22(16)28-10-6-5-7-11-29-23-17(9-4-2)13-19(25)15-21(23)27;1-3-10-18-12-8-14-20(24)22(18)26-16-6-5-7-17-27-23-19(11-4-2)13-9-15-21(23)25;1-3-6-14-10-16(22)12-18(24)20(14)26-8-5-9-27-21-15(7-4-2)11-17(23)13-19(21)25;1-3-8-16-10-5-12-18(22)20(16)24-14-7-15-25-21-17(9-4-2)11-6-13-19(21)23;1-3-5-9-7-10(13)8-11(14)12(9)15-6-4-2;1-3-6-10-7-5-8-11(13)12(10)14-9-4-2/h3-4,12-15H,1-2,5-11H2;3-4,8-9,12-15H,1-2,5-7,10-11,16-17H2;3-4,10-13H,1-2,5-9H2;3-6,10-13H,1-2,7-9,14-15H2;3-4,7-8H,1-2,5-6H2;3-5,7-8H,1-2,6,9H2. The van der Waals surface area contributed by atoms with E-state index in [0.29, 0.717) is 220 Å². The van der Waals surface area contributed by atoms with Crippen molar-refractivity contribution in [1.82, 2.24) is 0 Å². The molecule has 0 heterocycles. The summed E-state index contributed by atoms with van der Waals surface area (Å²) >= 11 is 92.2. The molecule has 0 atom stereocenters. The lowest BCUT2D eigenvalue weighted by Gasteiger charge is -2.15. The highest BCUT2D eigenvalue weighted by molar-refractivity contribution is 6.39. The second kappa shape index (κ2) is 69.3. The SMILES string of the molecule is C=CCOc1c(Cl)cc(Cl)cc1CC=C.C=CCOc1c(Cl)cccc1CC=C.C=CCc1cc(Cl)cc(Cl)c1OCCCCCOc1c(Cl)cc(Cl)cc1CC=C.C=CCc1cc(Cl)cc(Cl)c1OCCCOc1c(Cl)cc(Cl)cc1CC=C.C=CCc1cccc(Cl)c1OCCCCCOc1c(Cl)cccc1CC=C.C=CCc1cccc(Cl)c1OCCCOc1c(Cl)cccc1CC=C. The second-order valence-corrected chi connectivity index (χ2v) is 36.0. The van der Waals surface area contributed by atoms with E-state index in [1.807, 2.05) is 152 Å². The topological polar surface area (TPSA) is 92.3 Å². The zero-order chi connectivity index (χ0) is 100. The van der Waals surface area contributed by atoms with Crippen LogP contribution in [0, 0.1) is 0 Å². The Bertz CT molecular complexity index is 5290. The minimum atomic E-state index is 0.422. The van der Waals surface area contributed by atoms with Crippen molar-refractivity contribution in [2.45, 2.75) is 116 Å².